The van der Waals surface area contributed by atoms with Gasteiger partial charge in [-0.2, -0.15) is 0 Å². The molecule has 5 nitrogen and oxygen atoms in total. The molecule has 22 heavy (non-hydrogen) atoms. The van der Waals surface area contributed by atoms with Crippen molar-refractivity contribution >= 4 is 15.9 Å². The van der Waals surface area contributed by atoms with E-state index in [2.05, 4.69) is 10.0 Å². The van der Waals surface area contributed by atoms with Gasteiger partial charge in [0.15, 0.2) is 0 Å². The lowest BCUT2D eigenvalue weighted by Crippen LogP contribution is -2.31. The minimum absolute atomic E-state index is 0.00340. The van der Waals surface area contributed by atoms with E-state index in [9.17, 15) is 13.2 Å². The molecule has 0 aliphatic rings. The van der Waals surface area contributed by atoms with Gasteiger partial charge in [0, 0.05) is 18.2 Å². The second-order valence-corrected chi connectivity index (χ2v) is 7.95. The second kappa shape index (κ2) is 7.74. The number of aryl methyl sites for hydroxylation is 1. The molecule has 0 bridgehead atoms. The van der Waals surface area contributed by atoms with Gasteiger partial charge in [0.05, 0.1) is 4.90 Å². The number of carbonyl (C=O) groups is 1. The van der Waals surface area contributed by atoms with E-state index in [0.29, 0.717) is 18.0 Å². The Morgan fingerprint density at radius 1 is 1.18 bits per heavy atom. The maximum Gasteiger partial charge on any atom is 0.251 e. The summed E-state index contributed by atoms with van der Waals surface area (Å²) in [6.45, 7) is 9.98. The molecule has 0 heterocycles. The Labute approximate surface area is 133 Å². The summed E-state index contributed by atoms with van der Waals surface area (Å²) in [5.41, 5.74) is 1.14. The average Bonchev–Trinajstić information content (AvgIpc) is 2.37. The molecular weight excluding hydrogens is 300 g/mol. The lowest BCUT2D eigenvalue weighted by Gasteiger charge is -2.13. The highest BCUT2D eigenvalue weighted by Crippen LogP contribution is 2.16. The summed E-state index contributed by atoms with van der Waals surface area (Å²) < 4.78 is 27.1. The van der Waals surface area contributed by atoms with Crippen molar-refractivity contribution in [1.29, 1.82) is 0 Å². The maximum atomic E-state index is 12.3. The van der Waals surface area contributed by atoms with Crippen molar-refractivity contribution in [1.82, 2.24) is 10.0 Å². The molecule has 6 heteroatoms. The predicted molar refractivity (Wildman–Crippen MR) is 88.4 cm³/mol. The standard InChI is InChI=1S/C16H26N2O3S/c1-11(2)8-9-17-22(20,21)14-7-6-13(5)15(10-14)16(19)18-12(3)4/h6-7,10-12,17H,8-9H2,1-5H3,(H,18,19). The van der Waals surface area contributed by atoms with Crippen molar-refractivity contribution in [2.45, 2.75) is 52.0 Å². The molecule has 0 aliphatic carbocycles. The minimum Gasteiger partial charge on any atom is -0.350 e. The third-order valence-corrected chi connectivity index (χ3v) is 4.66. The van der Waals surface area contributed by atoms with Crippen molar-refractivity contribution in [3.8, 4) is 0 Å². The third kappa shape index (κ3) is 5.42. The van der Waals surface area contributed by atoms with Gasteiger partial charge in [-0.05, 0) is 50.8 Å². The molecule has 0 aromatic heterocycles. The normalized spacial score (nSPS) is 12.0. The molecule has 0 fully saturated rings. The van der Waals surface area contributed by atoms with Gasteiger partial charge in [-0.3, -0.25) is 4.79 Å². The Morgan fingerprint density at radius 3 is 2.36 bits per heavy atom. The largest absolute Gasteiger partial charge is 0.350 e. The summed E-state index contributed by atoms with van der Waals surface area (Å²) in [6.07, 6.45) is 0.770. The molecule has 0 aliphatic heterocycles. The highest BCUT2D eigenvalue weighted by molar-refractivity contribution is 7.89. The number of sulfonamides is 1. The Morgan fingerprint density at radius 2 is 1.82 bits per heavy atom. The molecule has 0 unspecified atom stereocenters. The van der Waals surface area contributed by atoms with E-state index < -0.39 is 10.0 Å². The first-order valence-corrected chi connectivity index (χ1v) is 9.03. The summed E-state index contributed by atoms with van der Waals surface area (Å²) in [6, 6.07) is 4.62. The Hall–Kier alpha value is -1.40. The molecule has 0 saturated heterocycles. The molecular formula is C16H26N2O3S. The van der Waals surface area contributed by atoms with Gasteiger partial charge in [-0.1, -0.05) is 19.9 Å². The lowest BCUT2D eigenvalue weighted by atomic mass is 10.1. The van der Waals surface area contributed by atoms with Crippen LogP contribution < -0.4 is 10.0 Å². The molecule has 1 aromatic carbocycles. The van der Waals surface area contributed by atoms with E-state index in [-0.39, 0.29) is 16.8 Å². The van der Waals surface area contributed by atoms with Crippen LogP contribution in [-0.4, -0.2) is 26.9 Å². The second-order valence-electron chi connectivity index (χ2n) is 6.19. The lowest BCUT2D eigenvalue weighted by molar-refractivity contribution is 0.0942. The fraction of sp³-hybridized carbons (Fsp3) is 0.562. The van der Waals surface area contributed by atoms with Crippen LogP contribution in [0.4, 0.5) is 0 Å². The number of carbonyl (C=O) groups excluding carboxylic acids is 1. The van der Waals surface area contributed by atoms with Crippen LogP contribution in [0.15, 0.2) is 23.1 Å². The van der Waals surface area contributed by atoms with Crippen molar-refractivity contribution in [2.75, 3.05) is 6.54 Å². The van der Waals surface area contributed by atoms with Crippen molar-refractivity contribution in [2.24, 2.45) is 5.92 Å². The molecule has 1 rings (SSSR count). The van der Waals surface area contributed by atoms with E-state index in [1.807, 2.05) is 27.7 Å². The van der Waals surface area contributed by atoms with Gasteiger partial charge < -0.3 is 5.32 Å². The quantitative estimate of drug-likeness (QED) is 0.808. The molecule has 0 saturated carbocycles. The van der Waals surface area contributed by atoms with E-state index in [0.717, 1.165) is 12.0 Å². The van der Waals surface area contributed by atoms with Crippen molar-refractivity contribution in [3.63, 3.8) is 0 Å². The van der Waals surface area contributed by atoms with Gasteiger partial charge in [-0.25, -0.2) is 13.1 Å². The van der Waals surface area contributed by atoms with Crippen LogP contribution >= 0.6 is 0 Å². The molecule has 0 radical (unpaired) electrons. The Kier molecular flexibility index (Phi) is 6.56. The monoisotopic (exact) mass is 326 g/mol. The van der Waals surface area contributed by atoms with E-state index in [1.54, 1.807) is 13.0 Å². The number of amides is 1. The zero-order chi connectivity index (χ0) is 16.9. The highest BCUT2D eigenvalue weighted by Gasteiger charge is 2.18. The maximum absolute atomic E-state index is 12.3. The predicted octanol–water partition coefficient (Wildman–Crippen LogP) is 2.46. The number of benzene rings is 1. The summed E-state index contributed by atoms with van der Waals surface area (Å²) in [4.78, 5) is 12.3. The smallest absolute Gasteiger partial charge is 0.251 e. The topological polar surface area (TPSA) is 75.3 Å². The molecule has 0 spiro atoms. The van der Waals surface area contributed by atoms with E-state index in [1.165, 1.54) is 12.1 Å². The highest BCUT2D eigenvalue weighted by atomic mass is 32.2. The summed E-state index contributed by atoms with van der Waals surface area (Å²) in [5.74, 6) is 0.167. The zero-order valence-electron chi connectivity index (χ0n) is 13.9. The molecule has 124 valence electrons. The Balaban J connectivity index is 2.99. The van der Waals surface area contributed by atoms with E-state index in [4.69, 9.17) is 0 Å². The first-order valence-electron chi connectivity index (χ1n) is 7.54. The third-order valence-electron chi connectivity index (χ3n) is 3.20. The fourth-order valence-corrected chi connectivity index (χ4v) is 2.99. The van der Waals surface area contributed by atoms with Crippen LogP contribution in [0.5, 0.6) is 0 Å². The summed E-state index contributed by atoms with van der Waals surface area (Å²) in [5, 5.41) is 2.78. The Bertz CT molecular complexity index is 622. The van der Waals surface area contributed by atoms with Gasteiger partial charge in [-0.15, -0.1) is 0 Å². The number of nitrogens with one attached hydrogen (secondary N) is 2. The summed E-state index contributed by atoms with van der Waals surface area (Å²) >= 11 is 0. The van der Waals surface area contributed by atoms with Crippen molar-refractivity contribution in [3.05, 3.63) is 29.3 Å². The number of rotatable bonds is 7. The first kappa shape index (κ1) is 18.6. The fourth-order valence-electron chi connectivity index (χ4n) is 1.92. The zero-order valence-corrected chi connectivity index (χ0v) is 14.8. The molecule has 0 atom stereocenters. The SMILES string of the molecule is Cc1ccc(S(=O)(=O)NCCC(C)C)cc1C(=O)NC(C)C. The van der Waals surface area contributed by atoms with Gasteiger partial charge in [0.25, 0.3) is 5.91 Å². The van der Waals surface area contributed by atoms with Crippen LogP contribution in [-0.2, 0) is 10.0 Å². The van der Waals surface area contributed by atoms with Crippen LogP contribution in [0.1, 0.15) is 50.0 Å². The first-order chi connectivity index (χ1) is 10.1. The summed E-state index contributed by atoms with van der Waals surface area (Å²) in [7, 11) is -3.59. The number of hydrogen-bond donors (Lipinski definition) is 2. The minimum atomic E-state index is -3.59. The van der Waals surface area contributed by atoms with Gasteiger partial charge >= 0.3 is 0 Å². The van der Waals surface area contributed by atoms with E-state index >= 15 is 0 Å². The van der Waals surface area contributed by atoms with Gasteiger partial charge in [0.2, 0.25) is 10.0 Å². The average molecular weight is 326 g/mol. The van der Waals surface area contributed by atoms with Crippen LogP contribution in [0, 0.1) is 12.8 Å². The van der Waals surface area contributed by atoms with Crippen LogP contribution in [0.25, 0.3) is 0 Å². The number of hydrogen-bond acceptors (Lipinski definition) is 3. The van der Waals surface area contributed by atoms with Gasteiger partial charge in [0.1, 0.15) is 0 Å². The van der Waals surface area contributed by atoms with Crippen LogP contribution in [0.2, 0.25) is 0 Å². The van der Waals surface area contributed by atoms with Crippen molar-refractivity contribution < 1.29 is 13.2 Å². The molecule has 1 amide bonds. The van der Waals surface area contributed by atoms with Crippen LogP contribution in [0.3, 0.4) is 0 Å². The molecule has 2 N–H and O–H groups in total. The molecule has 1 aromatic rings.